The zero-order chi connectivity index (χ0) is 31.3. The van der Waals surface area contributed by atoms with Gasteiger partial charge in [-0.1, -0.05) is 36.4 Å². The number of carboxylic acid groups (broad SMARTS) is 1. The van der Waals surface area contributed by atoms with E-state index in [0.717, 1.165) is 27.4 Å². The van der Waals surface area contributed by atoms with Crippen LogP contribution in [-0.2, 0) is 32.0 Å². The number of para-hydroxylation sites is 2. The van der Waals surface area contributed by atoms with Crippen molar-refractivity contribution in [2.24, 2.45) is 5.73 Å². The van der Waals surface area contributed by atoms with Gasteiger partial charge < -0.3 is 47.0 Å². The van der Waals surface area contributed by atoms with E-state index in [4.69, 9.17) is 5.73 Å². The molecule has 6 unspecified atom stereocenters. The molecule has 0 aliphatic heterocycles. The summed E-state index contributed by atoms with van der Waals surface area (Å²) in [6, 6.07) is 9.47. The molecule has 13 nitrogen and oxygen atoms in total. The highest BCUT2D eigenvalue weighted by Crippen LogP contribution is 2.21. The molecule has 4 aromatic rings. The number of aliphatic hydroxyl groups excluding tert-OH is 2. The molecule has 0 radical (unpaired) electrons. The van der Waals surface area contributed by atoms with Crippen LogP contribution in [0.3, 0.4) is 0 Å². The number of nitrogens with two attached hydrogens (primary N) is 1. The Morgan fingerprint density at radius 2 is 1.21 bits per heavy atom. The number of carboxylic acids is 1. The number of hydrogen-bond acceptors (Lipinski definition) is 7. The van der Waals surface area contributed by atoms with Crippen molar-refractivity contribution in [1.82, 2.24) is 25.9 Å². The number of rotatable bonds is 13. The molecule has 10 N–H and O–H groups in total. The van der Waals surface area contributed by atoms with Gasteiger partial charge in [-0.2, -0.15) is 0 Å². The standard InChI is InChI=1S/C30H36N6O7/c1-15(37)25(29(41)36-26(16(2)38)30(42)43)35-28(40)24(12-18-14-33-23-10-6-4-8-20(18)23)34-27(39)21(31)11-17-13-32-22-9-5-3-7-19(17)22/h3-10,13-16,21,24-26,32-33,37-38H,11-12,31H2,1-2H3,(H,34,39)(H,35,40)(H,36,41)(H,42,43). The molecule has 0 saturated heterocycles. The Balaban J connectivity index is 1.55. The van der Waals surface area contributed by atoms with E-state index in [0.29, 0.717) is 5.56 Å². The van der Waals surface area contributed by atoms with Crippen LogP contribution < -0.4 is 21.7 Å². The Bertz CT molecular complexity index is 1610. The first-order valence-electron chi connectivity index (χ1n) is 13.8. The van der Waals surface area contributed by atoms with Crippen LogP contribution in [0.25, 0.3) is 21.8 Å². The zero-order valence-electron chi connectivity index (χ0n) is 23.7. The molecule has 0 aliphatic rings. The Hall–Kier alpha value is -4.72. The third-order valence-electron chi connectivity index (χ3n) is 7.29. The largest absolute Gasteiger partial charge is 0.480 e. The normalized spacial score (nSPS) is 15.7. The van der Waals surface area contributed by atoms with Crippen molar-refractivity contribution in [3.8, 4) is 0 Å². The van der Waals surface area contributed by atoms with E-state index in [-0.39, 0.29) is 12.8 Å². The SMILES string of the molecule is CC(O)C(NC(=O)C(NC(=O)C(Cc1c[nH]c2ccccc12)NC(=O)C(N)Cc1c[nH]c2ccccc12)C(C)O)C(=O)O. The van der Waals surface area contributed by atoms with Crippen molar-refractivity contribution in [2.75, 3.05) is 0 Å². The topological polar surface area (TPSA) is 223 Å². The maximum atomic E-state index is 13.6. The number of fused-ring (bicyclic) bond motifs is 2. The molecule has 4 rings (SSSR count). The number of benzene rings is 2. The van der Waals surface area contributed by atoms with Gasteiger partial charge in [0.05, 0.1) is 18.2 Å². The highest BCUT2D eigenvalue weighted by atomic mass is 16.4. The second kappa shape index (κ2) is 13.5. The summed E-state index contributed by atoms with van der Waals surface area (Å²) in [7, 11) is 0. The predicted octanol–water partition coefficient (Wildman–Crippen LogP) is 0.0623. The molecular formula is C30H36N6O7. The molecule has 0 spiro atoms. The fourth-order valence-corrected chi connectivity index (χ4v) is 4.93. The number of H-pyrrole nitrogens is 2. The number of aromatic nitrogens is 2. The molecule has 0 saturated carbocycles. The van der Waals surface area contributed by atoms with Crippen LogP contribution in [0.2, 0.25) is 0 Å². The molecular weight excluding hydrogens is 556 g/mol. The molecule has 6 atom stereocenters. The lowest BCUT2D eigenvalue weighted by atomic mass is 10.0. The van der Waals surface area contributed by atoms with Gasteiger partial charge in [0.2, 0.25) is 17.7 Å². The maximum Gasteiger partial charge on any atom is 0.328 e. The van der Waals surface area contributed by atoms with Crippen LogP contribution in [0.15, 0.2) is 60.9 Å². The van der Waals surface area contributed by atoms with E-state index in [1.807, 2.05) is 48.5 Å². The number of aliphatic carboxylic acids is 1. The number of carbonyl (C=O) groups is 4. The molecule has 43 heavy (non-hydrogen) atoms. The Labute approximate surface area is 246 Å². The summed E-state index contributed by atoms with van der Waals surface area (Å²) in [4.78, 5) is 57.5. The second-order valence-corrected chi connectivity index (χ2v) is 10.6. The first-order valence-corrected chi connectivity index (χ1v) is 13.8. The lowest BCUT2D eigenvalue weighted by Crippen LogP contribution is -2.61. The zero-order valence-corrected chi connectivity index (χ0v) is 23.7. The van der Waals surface area contributed by atoms with E-state index in [2.05, 4.69) is 25.9 Å². The molecule has 0 aliphatic carbocycles. The summed E-state index contributed by atoms with van der Waals surface area (Å²) in [6.07, 6.45) is 0.798. The summed E-state index contributed by atoms with van der Waals surface area (Å²) in [6.45, 7) is 2.42. The minimum atomic E-state index is -1.67. The van der Waals surface area contributed by atoms with Gasteiger partial charge in [-0.05, 0) is 43.5 Å². The summed E-state index contributed by atoms with van der Waals surface area (Å²) in [5.74, 6) is -3.93. The number of amides is 3. The smallest absolute Gasteiger partial charge is 0.328 e. The van der Waals surface area contributed by atoms with Gasteiger partial charge in [0.15, 0.2) is 6.04 Å². The fourth-order valence-electron chi connectivity index (χ4n) is 4.93. The second-order valence-electron chi connectivity index (χ2n) is 10.6. The van der Waals surface area contributed by atoms with Gasteiger partial charge in [0, 0.05) is 40.6 Å². The molecule has 2 aromatic carbocycles. The van der Waals surface area contributed by atoms with Crippen molar-refractivity contribution in [3.05, 3.63) is 72.1 Å². The summed E-state index contributed by atoms with van der Waals surface area (Å²) in [5, 5.41) is 38.4. The van der Waals surface area contributed by atoms with Crippen molar-refractivity contribution in [1.29, 1.82) is 0 Å². The number of nitrogens with one attached hydrogen (secondary N) is 5. The van der Waals surface area contributed by atoms with Gasteiger partial charge in [0.25, 0.3) is 0 Å². The Kier molecular flexibility index (Phi) is 9.80. The van der Waals surface area contributed by atoms with Gasteiger partial charge in [0.1, 0.15) is 12.1 Å². The van der Waals surface area contributed by atoms with Gasteiger partial charge >= 0.3 is 5.97 Å². The van der Waals surface area contributed by atoms with Gasteiger partial charge in [-0.25, -0.2) is 4.79 Å². The van der Waals surface area contributed by atoms with Crippen LogP contribution in [0.4, 0.5) is 0 Å². The summed E-state index contributed by atoms with van der Waals surface area (Å²) < 4.78 is 0. The monoisotopic (exact) mass is 592 g/mol. The van der Waals surface area contributed by atoms with E-state index in [1.54, 1.807) is 12.4 Å². The average molecular weight is 593 g/mol. The van der Waals surface area contributed by atoms with Gasteiger partial charge in [-0.3, -0.25) is 14.4 Å². The van der Waals surface area contributed by atoms with Crippen LogP contribution in [0.5, 0.6) is 0 Å². The van der Waals surface area contributed by atoms with Crippen molar-refractivity contribution >= 4 is 45.5 Å². The molecule has 3 amide bonds. The lowest BCUT2D eigenvalue weighted by molar-refractivity contribution is -0.146. The van der Waals surface area contributed by atoms with Crippen molar-refractivity contribution in [3.63, 3.8) is 0 Å². The molecule has 2 aromatic heterocycles. The minimum absolute atomic E-state index is 0.0148. The Morgan fingerprint density at radius 3 is 1.72 bits per heavy atom. The maximum absolute atomic E-state index is 13.6. The summed E-state index contributed by atoms with van der Waals surface area (Å²) in [5.41, 5.74) is 9.52. The molecule has 13 heteroatoms. The average Bonchev–Trinajstić information content (AvgIpc) is 3.57. The quantitative estimate of drug-likeness (QED) is 0.103. The van der Waals surface area contributed by atoms with E-state index in [9.17, 15) is 34.5 Å². The van der Waals surface area contributed by atoms with Gasteiger partial charge in [-0.15, -0.1) is 0 Å². The molecule has 0 bridgehead atoms. The Morgan fingerprint density at radius 1 is 0.721 bits per heavy atom. The molecule has 0 fully saturated rings. The molecule has 228 valence electrons. The van der Waals surface area contributed by atoms with Crippen molar-refractivity contribution in [2.45, 2.75) is 63.1 Å². The highest BCUT2D eigenvalue weighted by Gasteiger charge is 2.34. The molecule has 2 heterocycles. The first kappa shape index (κ1) is 31.2. The fraction of sp³-hybridized carbons (Fsp3) is 0.333. The number of hydrogen-bond donors (Lipinski definition) is 9. The highest BCUT2D eigenvalue weighted by molar-refractivity contribution is 5.95. The van der Waals surface area contributed by atoms with E-state index < -0.39 is 60.1 Å². The van der Waals surface area contributed by atoms with E-state index >= 15 is 0 Å². The van der Waals surface area contributed by atoms with Crippen molar-refractivity contribution < 1.29 is 34.5 Å². The van der Waals surface area contributed by atoms with Crippen LogP contribution >= 0.6 is 0 Å². The van der Waals surface area contributed by atoms with E-state index in [1.165, 1.54) is 13.8 Å². The minimum Gasteiger partial charge on any atom is -0.480 e. The third kappa shape index (κ3) is 7.38. The third-order valence-corrected chi connectivity index (χ3v) is 7.29. The number of carbonyl (C=O) groups excluding carboxylic acids is 3. The van der Waals surface area contributed by atoms with Crippen LogP contribution in [-0.4, -0.2) is 85.4 Å². The first-order chi connectivity index (χ1) is 20.5. The summed E-state index contributed by atoms with van der Waals surface area (Å²) >= 11 is 0. The van der Waals surface area contributed by atoms with Crippen LogP contribution in [0, 0.1) is 0 Å². The predicted molar refractivity (Wildman–Crippen MR) is 159 cm³/mol. The number of aromatic amines is 2. The number of aliphatic hydroxyl groups is 2. The lowest BCUT2D eigenvalue weighted by Gasteiger charge is -2.27. The van der Waals surface area contributed by atoms with Crippen LogP contribution in [0.1, 0.15) is 25.0 Å².